The van der Waals surface area contributed by atoms with Crippen LogP contribution in [0.2, 0.25) is 0 Å². The number of hydrogen-bond donors (Lipinski definition) is 2. The largest absolute Gasteiger partial charge is 0.396 e. The summed E-state index contributed by atoms with van der Waals surface area (Å²) in [5, 5.41) is 12.7. The highest BCUT2D eigenvalue weighted by molar-refractivity contribution is 4.74. The minimum atomic E-state index is 0.0503. The quantitative estimate of drug-likeness (QED) is 0.578. The number of aliphatic hydroxyl groups excluding tert-OH is 1. The molecule has 0 aromatic carbocycles. The molecule has 1 atom stereocenters. The summed E-state index contributed by atoms with van der Waals surface area (Å²) in [6, 6.07) is 0.640. The molecular weight excluding hydrogens is 212 g/mol. The summed E-state index contributed by atoms with van der Waals surface area (Å²) in [6.45, 7) is 12.1. The van der Waals surface area contributed by atoms with Gasteiger partial charge in [-0.3, -0.25) is 0 Å². The van der Waals surface area contributed by atoms with Gasteiger partial charge in [0.1, 0.15) is 0 Å². The number of rotatable bonds is 10. The van der Waals surface area contributed by atoms with Crippen molar-refractivity contribution in [3.63, 3.8) is 0 Å². The Morgan fingerprint density at radius 3 is 2.41 bits per heavy atom. The van der Waals surface area contributed by atoms with Crippen LogP contribution in [-0.2, 0) is 0 Å². The van der Waals surface area contributed by atoms with Crippen molar-refractivity contribution in [2.45, 2.75) is 53.0 Å². The Labute approximate surface area is 108 Å². The molecule has 0 aliphatic carbocycles. The predicted octanol–water partition coefficient (Wildman–Crippen LogP) is 2.10. The molecular formula is C14H32N2O. The number of hydrogen-bond acceptors (Lipinski definition) is 3. The number of unbranched alkanes of at least 4 members (excludes halogenated alkanes) is 1. The number of nitrogens with zero attached hydrogens (tertiary/aromatic N) is 1. The highest BCUT2D eigenvalue weighted by Gasteiger charge is 2.19. The molecule has 0 saturated carbocycles. The average Bonchev–Trinajstić information content (AvgIpc) is 2.32. The average molecular weight is 244 g/mol. The fourth-order valence-electron chi connectivity index (χ4n) is 1.55. The van der Waals surface area contributed by atoms with Crippen LogP contribution in [-0.4, -0.2) is 49.3 Å². The summed E-state index contributed by atoms with van der Waals surface area (Å²) in [4.78, 5) is 2.38. The molecule has 0 aliphatic rings. The molecule has 0 spiro atoms. The molecule has 3 nitrogen and oxygen atoms in total. The van der Waals surface area contributed by atoms with Crippen LogP contribution in [0.4, 0.5) is 0 Å². The molecule has 0 bridgehead atoms. The van der Waals surface area contributed by atoms with Crippen molar-refractivity contribution in [1.29, 1.82) is 0 Å². The molecule has 0 saturated heterocycles. The van der Waals surface area contributed by atoms with E-state index in [4.69, 9.17) is 0 Å². The topological polar surface area (TPSA) is 35.5 Å². The molecule has 0 fully saturated rings. The Morgan fingerprint density at radius 2 is 1.94 bits per heavy atom. The van der Waals surface area contributed by atoms with E-state index in [0.29, 0.717) is 6.04 Å². The SMILES string of the molecule is CCC(C)(CO)CNCCCCN(C)C(C)C. The van der Waals surface area contributed by atoms with Crippen molar-refractivity contribution in [1.82, 2.24) is 10.2 Å². The van der Waals surface area contributed by atoms with Gasteiger partial charge in [0.2, 0.25) is 0 Å². The van der Waals surface area contributed by atoms with E-state index in [0.717, 1.165) is 19.5 Å². The molecule has 1 unspecified atom stereocenters. The van der Waals surface area contributed by atoms with Crippen LogP contribution in [0.15, 0.2) is 0 Å². The highest BCUT2D eigenvalue weighted by atomic mass is 16.3. The van der Waals surface area contributed by atoms with Gasteiger partial charge in [0.25, 0.3) is 0 Å². The van der Waals surface area contributed by atoms with Crippen LogP contribution >= 0.6 is 0 Å². The summed E-state index contributed by atoms with van der Waals surface area (Å²) < 4.78 is 0. The van der Waals surface area contributed by atoms with Crippen molar-refractivity contribution in [3.05, 3.63) is 0 Å². The van der Waals surface area contributed by atoms with Gasteiger partial charge in [-0.05, 0) is 53.2 Å². The van der Waals surface area contributed by atoms with E-state index in [2.05, 4.69) is 45.0 Å². The predicted molar refractivity (Wildman–Crippen MR) is 75.4 cm³/mol. The lowest BCUT2D eigenvalue weighted by Crippen LogP contribution is -2.35. The van der Waals surface area contributed by atoms with Gasteiger partial charge in [0.15, 0.2) is 0 Å². The van der Waals surface area contributed by atoms with Gasteiger partial charge < -0.3 is 15.3 Å². The maximum absolute atomic E-state index is 9.28. The summed E-state index contributed by atoms with van der Waals surface area (Å²) >= 11 is 0. The van der Waals surface area contributed by atoms with Crippen molar-refractivity contribution in [2.24, 2.45) is 5.41 Å². The zero-order valence-corrected chi connectivity index (χ0v) is 12.4. The van der Waals surface area contributed by atoms with Crippen LogP contribution in [0.3, 0.4) is 0 Å². The first-order chi connectivity index (χ1) is 7.95. The summed E-state index contributed by atoms with van der Waals surface area (Å²) in [6.07, 6.45) is 3.47. The molecule has 0 radical (unpaired) electrons. The summed E-state index contributed by atoms with van der Waals surface area (Å²) in [5.74, 6) is 0. The van der Waals surface area contributed by atoms with Gasteiger partial charge in [-0.25, -0.2) is 0 Å². The van der Waals surface area contributed by atoms with Crippen LogP contribution < -0.4 is 5.32 Å². The normalized spacial score (nSPS) is 15.5. The monoisotopic (exact) mass is 244 g/mol. The molecule has 17 heavy (non-hydrogen) atoms. The van der Waals surface area contributed by atoms with Crippen LogP contribution in [0.5, 0.6) is 0 Å². The van der Waals surface area contributed by atoms with E-state index < -0.39 is 0 Å². The first-order valence-corrected chi connectivity index (χ1v) is 6.97. The smallest absolute Gasteiger partial charge is 0.0496 e. The molecule has 0 heterocycles. The minimum Gasteiger partial charge on any atom is -0.396 e. The molecule has 0 amide bonds. The molecule has 0 aliphatic heterocycles. The molecule has 0 rings (SSSR count). The van der Waals surface area contributed by atoms with Gasteiger partial charge in [0, 0.05) is 24.6 Å². The maximum atomic E-state index is 9.28. The van der Waals surface area contributed by atoms with Crippen molar-refractivity contribution in [3.8, 4) is 0 Å². The first kappa shape index (κ1) is 16.9. The van der Waals surface area contributed by atoms with Crippen molar-refractivity contribution in [2.75, 3.05) is 33.3 Å². The standard InChI is InChI=1S/C14H32N2O/c1-6-14(4,12-17)11-15-9-7-8-10-16(5)13(2)3/h13,15,17H,6-12H2,1-5H3. The Kier molecular flexibility index (Phi) is 8.83. The highest BCUT2D eigenvalue weighted by Crippen LogP contribution is 2.18. The van der Waals surface area contributed by atoms with Crippen LogP contribution in [0.1, 0.15) is 47.0 Å². The summed E-state index contributed by atoms with van der Waals surface area (Å²) in [5.41, 5.74) is 0.0503. The van der Waals surface area contributed by atoms with Gasteiger partial charge in [0.05, 0.1) is 0 Å². The lowest BCUT2D eigenvalue weighted by Gasteiger charge is -2.26. The Morgan fingerprint density at radius 1 is 1.29 bits per heavy atom. The Balaban J connectivity index is 3.47. The van der Waals surface area contributed by atoms with E-state index in [1.54, 1.807) is 0 Å². The Hall–Kier alpha value is -0.120. The van der Waals surface area contributed by atoms with Crippen LogP contribution in [0, 0.1) is 5.41 Å². The first-order valence-electron chi connectivity index (χ1n) is 6.97. The molecule has 104 valence electrons. The maximum Gasteiger partial charge on any atom is 0.0496 e. The third-order valence-corrected chi connectivity index (χ3v) is 3.78. The van der Waals surface area contributed by atoms with E-state index >= 15 is 0 Å². The second kappa shape index (κ2) is 8.90. The molecule has 0 aromatic heterocycles. The van der Waals surface area contributed by atoms with Crippen LogP contribution in [0.25, 0.3) is 0 Å². The fraction of sp³-hybridized carbons (Fsp3) is 1.00. The van der Waals surface area contributed by atoms with Gasteiger partial charge >= 0.3 is 0 Å². The van der Waals surface area contributed by atoms with Gasteiger partial charge in [-0.2, -0.15) is 0 Å². The third-order valence-electron chi connectivity index (χ3n) is 3.78. The summed E-state index contributed by atoms with van der Waals surface area (Å²) in [7, 11) is 2.18. The number of aliphatic hydroxyl groups is 1. The van der Waals surface area contributed by atoms with E-state index in [1.165, 1.54) is 19.4 Å². The molecule has 0 aromatic rings. The zero-order valence-electron chi connectivity index (χ0n) is 12.4. The second-order valence-electron chi connectivity index (χ2n) is 5.78. The third kappa shape index (κ3) is 7.74. The minimum absolute atomic E-state index is 0.0503. The fourth-order valence-corrected chi connectivity index (χ4v) is 1.55. The van der Waals surface area contributed by atoms with Gasteiger partial charge in [-0.1, -0.05) is 13.8 Å². The second-order valence-corrected chi connectivity index (χ2v) is 5.78. The van der Waals surface area contributed by atoms with Gasteiger partial charge in [-0.15, -0.1) is 0 Å². The lowest BCUT2D eigenvalue weighted by atomic mass is 9.89. The van der Waals surface area contributed by atoms with E-state index in [-0.39, 0.29) is 12.0 Å². The number of nitrogens with one attached hydrogen (secondary N) is 1. The molecule has 2 N–H and O–H groups in total. The molecule has 3 heteroatoms. The van der Waals surface area contributed by atoms with E-state index in [9.17, 15) is 5.11 Å². The lowest BCUT2D eigenvalue weighted by molar-refractivity contribution is 0.135. The van der Waals surface area contributed by atoms with Crippen molar-refractivity contribution >= 4 is 0 Å². The van der Waals surface area contributed by atoms with E-state index in [1.807, 2.05) is 0 Å². The Bertz CT molecular complexity index is 179. The zero-order chi connectivity index (χ0) is 13.3. The van der Waals surface area contributed by atoms with Crippen molar-refractivity contribution < 1.29 is 5.11 Å².